The number of nitrogens with zero attached hydrogens (tertiary/aromatic N) is 2. The van der Waals surface area contributed by atoms with Crippen molar-refractivity contribution in [1.29, 1.82) is 0 Å². The number of rotatable bonds is 10. The number of carbonyl (C=O) groups is 2. The van der Waals surface area contributed by atoms with Crippen LogP contribution in [0.2, 0.25) is 0 Å². The second-order valence-electron chi connectivity index (χ2n) is 8.41. The van der Waals surface area contributed by atoms with Crippen LogP contribution in [0.4, 0.5) is 4.39 Å². The van der Waals surface area contributed by atoms with Crippen LogP contribution in [0.5, 0.6) is 0 Å². The molecule has 7 heteroatoms. The molecule has 0 bridgehead atoms. The number of halogens is 1. The van der Waals surface area contributed by atoms with Crippen molar-refractivity contribution in [2.24, 2.45) is 5.92 Å². The first-order valence-electron chi connectivity index (χ1n) is 10.7. The summed E-state index contributed by atoms with van der Waals surface area (Å²) in [7, 11) is 1.96. The summed E-state index contributed by atoms with van der Waals surface area (Å²) in [6.45, 7) is 2.70. The Bertz CT molecular complexity index is 796. The van der Waals surface area contributed by atoms with Gasteiger partial charge < -0.3 is 10.0 Å². The van der Waals surface area contributed by atoms with Gasteiger partial charge in [-0.25, -0.2) is 4.39 Å². The summed E-state index contributed by atoms with van der Waals surface area (Å²) in [5.41, 5.74) is 1.61. The van der Waals surface area contributed by atoms with E-state index in [-0.39, 0.29) is 29.2 Å². The van der Waals surface area contributed by atoms with Crippen molar-refractivity contribution in [2.75, 3.05) is 33.2 Å². The van der Waals surface area contributed by atoms with Gasteiger partial charge in [-0.2, -0.15) is 12.6 Å². The van der Waals surface area contributed by atoms with Gasteiger partial charge in [0.1, 0.15) is 5.82 Å². The smallest absolute Gasteiger partial charge is 0.303 e. The molecule has 1 aliphatic carbocycles. The SMILES string of the molecule is CN(C/C=C1/CN(C(C(=O)C2CC2)c2ccccc2F)CCC1S)CCCC(=O)O. The van der Waals surface area contributed by atoms with Gasteiger partial charge in [-0.1, -0.05) is 24.3 Å². The normalized spacial score (nSPS) is 22.4. The summed E-state index contributed by atoms with van der Waals surface area (Å²) in [5, 5.41) is 8.89. The molecule has 1 saturated carbocycles. The topological polar surface area (TPSA) is 60.9 Å². The number of thiol groups is 1. The molecule has 0 spiro atoms. The number of aliphatic carboxylic acids is 1. The number of piperidine rings is 1. The fourth-order valence-corrected chi connectivity index (χ4v) is 4.30. The number of Topliss-reactive ketones (excluding diaryl/α,β-unsaturated/α-hetero) is 1. The standard InChI is InChI=1S/C23H31FN2O3S/c1-25(12-4-7-21(27)28)13-10-17-15-26(14-11-20(17)30)22(23(29)16-8-9-16)18-5-2-3-6-19(18)24/h2-3,5-6,10,16,20,22,30H,4,7-9,11-15H2,1H3,(H,27,28)/b17-10-. The molecule has 30 heavy (non-hydrogen) atoms. The minimum Gasteiger partial charge on any atom is -0.481 e. The molecule has 2 atom stereocenters. The van der Waals surface area contributed by atoms with E-state index in [1.807, 2.05) is 7.05 Å². The number of carboxylic acid groups (broad SMARTS) is 1. The van der Waals surface area contributed by atoms with Crippen molar-refractivity contribution in [2.45, 2.75) is 43.4 Å². The van der Waals surface area contributed by atoms with Crippen LogP contribution in [-0.2, 0) is 9.59 Å². The summed E-state index contributed by atoms with van der Waals surface area (Å²) < 4.78 is 14.6. The molecule has 2 aliphatic rings. The predicted molar refractivity (Wildman–Crippen MR) is 118 cm³/mol. The maximum absolute atomic E-state index is 14.6. The first-order valence-corrected chi connectivity index (χ1v) is 11.2. The molecule has 1 aromatic rings. The molecule has 1 saturated heterocycles. The van der Waals surface area contributed by atoms with Crippen LogP contribution in [0.15, 0.2) is 35.9 Å². The summed E-state index contributed by atoms with van der Waals surface area (Å²) >= 11 is 4.73. The number of hydrogen-bond donors (Lipinski definition) is 2. The van der Waals surface area contributed by atoms with Crippen molar-refractivity contribution in [3.8, 4) is 0 Å². The summed E-state index contributed by atoms with van der Waals surface area (Å²) in [4.78, 5) is 27.9. The molecule has 1 aliphatic heterocycles. The number of likely N-dealkylation sites (tertiary alicyclic amines) is 1. The van der Waals surface area contributed by atoms with E-state index in [0.717, 1.165) is 24.8 Å². The lowest BCUT2D eigenvalue weighted by molar-refractivity contribution is -0.137. The Labute approximate surface area is 183 Å². The average molecular weight is 435 g/mol. The van der Waals surface area contributed by atoms with Gasteiger partial charge in [0.25, 0.3) is 0 Å². The zero-order chi connectivity index (χ0) is 21.7. The molecular weight excluding hydrogens is 403 g/mol. The highest BCUT2D eigenvalue weighted by Crippen LogP contribution is 2.39. The van der Waals surface area contributed by atoms with Gasteiger partial charge >= 0.3 is 5.97 Å². The molecule has 164 valence electrons. The van der Waals surface area contributed by atoms with E-state index in [1.54, 1.807) is 18.2 Å². The molecule has 3 rings (SSSR count). The molecule has 2 unspecified atom stereocenters. The highest BCUT2D eigenvalue weighted by atomic mass is 32.1. The van der Waals surface area contributed by atoms with E-state index >= 15 is 0 Å². The van der Waals surface area contributed by atoms with Crippen LogP contribution in [0.3, 0.4) is 0 Å². The van der Waals surface area contributed by atoms with E-state index in [4.69, 9.17) is 17.7 Å². The maximum Gasteiger partial charge on any atom is 0.303 e. The summed E-state index contributed by atoms with van der Waals surface area (Å²) in [6, 6.07) is 6.06. The van der Waals surface area contributed by atoms with Crippen molar-refractivity contribution >= 4 is 24.4 Å². The van der Waals surface area contributed by atoms with Crippen LogP contribution in [0, 0.1) is 11.7 Å². The zero-order valence-corrected chi connectivity index (χ0v) is 18.4. The monoisotopic (exact) mass is 434 g/mol. The molecule has 2 fully saturated rings. The summed E-state index contributed by atoms with van der Waals surface area (Å²) in [5.74, 6) is -0.924. The van der Waals surface area contributed by atoms with Crippen LogP contribution in [0.1, 0.15) is 43.7 Å². The van der Waals surface area contributed by atoms with Crippen LogP contribution in [0.25, 0.3) is 0 Å². The van der Waals surface area contributed by atoms with E-state index in [2.05, 4.69) is 15.9 Å². The fourth-order valence-electron chi connectivity index (χ4n) is 4.00. The largest absolute Gasteiger partial charge is 0.481 e. The highest BCUT2D eigenvalue weighted by Gasteiger charge is 2.40. The average Bonchev–Trinajstić information content (AvgIpc) is 3.54. The quantitative estimate of drug-likeness (QED) is 0.435. The van der Waals surface area contributed by atoms with Crippen LogP contribution >= 0.6 is 12.6 Å². The number of ketones is 1. The molecule has 0 aromatic heterocycles. The molecule has 0 amide bonds. The van der Waals surface area contributed by atoms with Gasteiger partial charge in [0.05, 0.1) is 6.04 Å². The van der Waals surface area contributed by atoms with Crippen molar-refractivity contribution in [1.82, 2.24) is 9.80 Å². The van der Waals surface area contributed by atoms with Gasteiger partial charge in [0.15, 0.2) is 5.78 Å². The minimum absolute atomic E-state index is 0.0520. The molecule has 1 heterocycles. The number of hydrogen-bond acceptors (Lipinski definition) is 5. The first kappa shape index (κ1) is 23.0. The third-order valence-corrected chi connectivity index (χ3v) is 6.50. The second kappa shape index (κ2) is 10.6. The highest BCUT2D eigenvalue weighted by molar-refractivity contribution is 7.81. The van der Waals surface area contributed by atoms with Gasteiger partial charge in [-0.3, -0.25) is 14.5 Å². The van der Waals surface area contributed by atoms with Crippen molar-refractivity contribution in [3.05, 3.63) is 47.3 Å². The third-order valence-electron chi connectivity index (χ3n) is 5.91. The summed E-state index contributed by atoms with van der Waals surface area (Å²) in [6.07, 6.45) is 5.51. The van der Waals surface area contributed by atoms with E-state index in [1.165, 1.54) is 6.07 Å². The van der Waals surface area contributed by atoms with Gasteiger partial charge in [0, 0.05) is 42.8 Å². The molecule has 1 N–H and O–H groups in total. The maximum atomic E-state index is 14.6. The van der Waals surface area contributed by atoms with E-state index in [0.29, 0.717) is 38.2 Å². The Hall–Kier alpha value is -1.70. The number of carboxylic acids is 1. The lowest BCUT2D eigenvalue weighted by atomic mass is 9.93. The van der Waals surface area contributed by atoms with Crippen LogP contribution in [-0.4, -0.2) is 65.1 Å². The van der Waals surface area contributed by atoms with Gasteiger partial charge in [-0.15, -0.1) is 0 Å². The molecule has 1 aromatic carbocycles. The third kappa shape index (κ3) is 6.15. The molecule has 0 radical (unpaired) electrons. The number of likely N-dealkylation sites (N-methyl/N-ethyl adjacent to an activating group) is 1. The second-order valence-corrected chi connectivity index (χ2v) is 9.04. The Kier molecular flexibility index (Phi) is 8.08. The number of carbonyl (C=O) groups excluding carboxylic acids is 1. The van der Waals surface area contributed by atoms with Gasteiger partial charge in [-0.05, 0) is 50.9 Å². The van der Waals surface area contributed by atoms with Gasteiger partial charge in [0.2, 0.25) is 0 Å². The van der Waals surface area contributed by atoms with E-state index < -0.39 is 12.0 Å². The number of benzene rings is 1. The zero-order valence-electron chi connectivity index (χ0n) is 17.5. The fraction of sp³-hybridized carbons (Fsp3) is 0.565. The predicted octanol–water partition coefficient (Wildman–Crippen LogP) is 3.57. The van der Waals surface area contributed by atoms with Crippen molar-refractivity contribution < 1.29 is 19.1 Å². The van der Waals surface area contributed by atoms with E-state index in [9.17, 15) is 14.0 Å². The Morgan fingerprint density at radius 1 is 1.33 bits per heavy atom. The Morgan fingerprint density at radius 2 is 2.07 bits per heavy atom. The van der Waals surface area contributed by atoms with Crippen molar-refractivity contribution in [3.63, 3.8) is 0 Å². The molecule has 5 nitrogen and oxygen atoms in total. The minimum atomic E-state index is -0.778. The lowest BCUT2D eigenvalue weighted by Gasteiger charge is -2.38. The first-order chi connectivity index (χ1) is 14.4. The van der Waals surface area contributed by atoms with Crippen LogP contribution < -0.4 is 0 Å². The lowest BCUT2D eigenvalue weighted by Crippen LogP contribution is -2.43. The Morgan fingerprint density at radius 3 is 2.73 bits per heavy atom. The molecular formula is C23H31FN2O3S. The Balaban J connectivity index is 1.70.